The molecule has 78 valence electrons. The van der Waals surface area contributed by atoms with E-state index in [4.69, 9.17) is 5.26 Å². The molecule has 0 unspecified atom stereocenters. The monoisotopic (exact) mass is 204 g/mol. The lowest BCUT2D eigenvalue weighted by Gasteiger charge is -2.06. The van der Waals surface area contributed by atoms with Gasteiger partial charge in [0.15, 0.2) is 0 Å². The molecule has 2 N–H and O–H groups in total. The van der Waals surface area contributed by atoms with Crippen LogP contribution in [0.3, 0.4) is 0 Å². The normalized spacial score (nSPS) is 16.7. The van der Waals surface area contributed by atoms with Gasteiger partial charge < -0.3 is 10.3 Å². The van der Waals surface area contributed by atoms with E-state index in [0.717, 1.165) is 5.82 Å². The molecule has 1 fully saturated rings. The summed E-state index contributed by atoms with van der Waals surface area (Å²) < 4.78 is 0. The van der Waals surface area contributed by atoms with E-state index in [-0.39, 0.29) is 5.91 Å². The summed E-state index contributed by atoms with van der Waals surface area (Å²) in [7, 11) is 0. The number of aromatic amines is 1. The van der Waals surface area contributed by atoms with Crippen molar-refractivity contribution < 1.29 is 4.79 Å². The molecular formula is C10H12N4O. The highest BCUT2D eigenvalue weighted by Crippen LogP contribution is 2.44. The highest BCUT2D eigenvalue weighted by molar-refractivity contribution is 5.88. The predicted octanol–water partition coefficient (Wildman–Crippen LogP) is 0.372. The van der Waals surface area contributed by atoms with Crippen molar-refractivity contribution in [1.29, 1.82) is 5.26 Å². The predicted molar refractivity (Wildman–Crippen MR) is 52.6 cm³/mol. The number of aromatic nitrogens is 2. The van der Waals surface area contributed by atoms with E-state index >= 15 is 0 Å². The highest BCUT2D eigenvalue weighted by atomic mass is 16.2. The first-order chi connectivity index (χ1) is 7.27. The summed E-state index contributed by atoms with van der Waals surface area (Å²) in [6, 6.07) is 2.06. The van der Waals surface area contributed by atoms with Crippen LogP contribution in [-0.4, -0.2) is 22.4 Å². The second-order valence-corrected chi connectivity index (χ2v) is 3.74. The standard InChI is InChI=1S/C10H12N4O/c11-7-10(2-3-10)9(15)14-4-1-8-12-5-6-13-8/h5-6H,1-4H2,(H,12,13)(H,14,15). The first-order valence-electron chi connectivity index (χ1n) is 4.95. The molecule has 0 saturated heterocycles. The van der Waals surface area contributed by atoms with E-state index in [2.05, 4.69) is 21.4 Å². The molecule has 0 bridgehead atoms. The third-order valence-electron chi connectivity index (χ3n) is 2.60. The average Bonchev–Trinajstić information content (AvgIpc) is 2.90. The summed E-state index contributed by atoms with van der Waals surface area (Å²) in [6.07, 6.45) is 5.47. The van der Waals surface area contributed by atoms with Crippen LogP contribution in [0.25, 0.3) is 0 Å². The number of nitriles is 1. The van der Waals surface area contributed by atoms with Crippen molar-refractivity contribution in [1.82, 2.24) is 15.3 Å². The molecule has 2 rings (SSSR count). The molecule has 1 aromatic heterocycles. The van der Waals surface area contributed by atoms with Gasteiger partial charge in [-0.05, 0) is 12.8 Å². The minimum Gasteiger partial charge on any atom is -0.354 e. The Morgan fingerprint density at radius 1 is 1.73 bits per heavy atom. The summed E-state index contributed by atoms with van der Waals surface area (Å²) in [5, 5.41) is 11.5. The molecule has 0 radical (unpaired) electrons. The van der Waals surface area contributed by atoms with E-state index < -0.39 is 5.41 Å². The minimum atomic E-state index is -0.719. The third-order valence-corrected chi connectivity index (χ3v) is 2.60. The van der Waals surface area contributed by atoms with Gasteiger partial charge in [-0.15, -0.1) is 0 Å². The van der Waals surface area contributed by atoms with Crippen LogP contribution in [0.4, 0.5) is 0 Å². The van der Waals surface area contributed by atoms with Gasteiger partial charge in [-0.3, -0.25) is 4.79 Å². The van der Waals surface area contributed by atoms with Crippen LogP contribution in [0.2, 0.25) is 0 Å². The molecule has 0 aliphatic heterocycles. The number of H-pyrrole nitrogens is 1. The highest BCUT2D eigenvalue weighted by Gasteiger charge is 2.50. The van der Waals surface area contributed by atoms with Gasteiger partial charge in [0.25, 0.3) is 0 Å². The summed E-state index contributed by atoms with van der Waals surface area (Å²) in [6.45, 7) is 0.524. The lowest BCUT2D eigenvalue weighted by atomic mass is 10.1. The van der Waals surface area contributed by atoms with E-state index in [0.29, 0.717) is 25.8 Å². The van der Waals surface area contributed by atoms with E-state index in [1.165, 1.54) is 0 Å². The van der Waals surface area contributed by atoms with Crippen molar-refractivity contribution in [3.8, 4) is 6.07 Å². The van der Waals surface area contributed by atoms with Crippen molar-refractivity contribution in [2.45, 2.75) is 19.3 Å². The van der Waals surface area contributed by atoms with Gasteiger partial charge >= 0.3 is 0 Å². The number of carbonyl (C=O) groups excluding carboxylic acids is 1. The Labute approximate surface area is 87.5 Å². The van der Waals surface area contributed by atoms with Gasteiger partial charge in [-0.25, -0.2) is 4.98 Å². The Kier molecular flexibility index (Phi) is 2.42. The lowest BCUT2D eigenvalue weighted by molar-refractivity contribution is -0.124. The maximum atomic E-state index is 11.5. The lowest BCUT2D eigenvalue weighted by Crippen LogP contribution is -2.32. The van der Waals surface area contributed by atoms with Crippen LogP contribution >= 0.6 is 0 Å². The molecule has 15 heavy (non-hydrogen) atoms. The fourth-order valence-electron chi connectivity index (χ4n) is 1.41. The molecule has 1 saturated carbocycles. The summed E-state index contributed by atoms with van der Waals surface area (Å²) in [4.78, 5) is 18.5. The molecule has 0 aromatic carbocycles. The molecule has 1 heterocycles. The maximum Gasteiger partial charge on any atom is 0.240 e. The zero-order chi connectivity index (χ0) is 10.7. The molecule has 1 aliphatic carbocycles. The van der Waals surface area contributed by atoms with E-state index in [1.54, 1.807) is 12.4 Å². The fourth-order valence-corrected chi connectivity index (χ4v) is 1.41. The second kappa shape index (κ2) is 3.73. The Bertz CT molecular complexity index is 386. The second-order valence-electron chi connectivity index (χ2n) is 3.74. The molecule has 1 amide bonds. The van der Waals surface area contributed by atoms with Crippen molar-refractivity contribution in [3.63, 3.8) is 0 Å². The van der Waals surface area contributed by atoms with Crippen LogP contribution in [0.15, 0.2) is 12.4 Å². The smallest absolute Gasteiger partial charge is 0.240 e. The van der Waals surface area contributed by atoms with Gasteiger partial charge in [0, 0.05) is 25.4 Å². The quantitative estimate of drug-likeness (QED) is 0.743. The zero-order valence-corrected chi connectivity index (χ0v) is 8.29. The van der Waals surface area contributed by atoms with Crippen LogP contribution in [-0.2, 0) is 11.2 Å². The van der Waals surface area contributed by atoms with Crippen LogP contribution in [0.5, 0.6) is 0 Å². The first kappa shape index (κ1) is 9.71. The Hall–Kier alpha value is -1.83. The van der Waals surface area contributed by atoms with Crippen LogP contribution in [0, 0.1) is 16.7 Å². The van der Waals surface area contributed by atoms with E-state index in [1.807, 2.05) is 0 Å². The molecule has 1 aliphatic rings. The van der Waals surface area contributed by atoms with Crippen molar-refractivity contribution >= 4 is 5.91 Å². The number of rotatable bonds is 4. The van der Waals surface area contributed by atoms with Crippen molar-refractivity contribution in [3.05, 3.63) is 18.2 Å². The average molecular weight is 204 g/mol. The number of amides is 1. The molecule has 5 heteroatoms. The molecular weight excluding hydrogens is 192 g/mol. The molecule has 0 atom stereocenters. The van der Waals surface area contributed by atoms with Crippen molar-refractivity contribution in [2.75, 3.05) is 6.54 Å². The minimum absolute atomic E-state index is 0.142. The number of carbonyl (C=O) groups is 1. The number of imidazole rings is 1. The SMILES string of the molecule is N#CC1(C(=O)NCCc2ncc[nH]2)CC1. The first-order valence-corrected chi connectivity index (χ1v) is 4.95. The maximum absolute atomic E-state index is 11.5. The van der Waals surface area contributed by atoms with Gasteiger partial charge in [0.2, 0.25) is 5.91 Å². The summed E-state index contributed by atoms with van der Waals surface area (Å²) in [5.41, 5.74) is -0.719. The van der Waals surface area contributed by atoms with Gasteiger partial charge in [0.1, 0.15) is 11.2 Å². The summed E-state index contributed by atoms with van der Waals surface area (Å²) >= 11 is 0. The Balaban J connectivity index is 1.75. The number of nitrogens with zero attached hydrogens (tertiary/aromatic N) is 2. The Morgan fingerprint density at radius 2 is 2.53 bits per heavy atom. The Morgan fingerprint density at radius 3 is 3.07 bits per heavy atom. The number of hydrogen-bond acceptors (Lipinski definition) is 3. The number of hydrogen-bond donors (Lipinski definition) is 2. The van der Waals surface area contributed by atoms with Crippen LogP contribution < -0.4 is 5.32 Å². The fraction of sp³-hybridized carbons (Fsp3) is 0.500. The topological polar surface area (TPSA) is 81.6 Å². The number of nitrogens with one attached hydrogen (secondary N) is 2. The van der Waals surface area contributed by atoms with E-state index in [9.17, 15) is 4.79 Å². The van der Waals surface area contributed by atoms with Gasteiger partial charge in [-0.1, -0.05) is 0 Å². The molecule has 1 aromatic rings. The van der Waals surface area contributed by atoms with Crippen molar-refractivity contribution in [2.24, 2.45) is 5.41 Å². The van der Waals surface area contributed by atoms with Gasteiger partial charge in [-0.2, -0.15) is 5.26 Å². The van der Waals surface area contributed by atoms with Crippen LogP contribution in [0.1, 0.15) is 18.7 Å². The van der Waals surface area contributed by atoms with Gasteiger partial charge in [0.05, 0.1) is 6.07 Å². The largest absolute Gasteiger partial charge is 0.354 e. The molecule has 0 spiro atoms. The molecule has 5 nitrogen and oxygen atoms in total. The third kappa shape index (κ3) is 1.99. The zero-order valence-electron chi connectivity index (χ0n) is 8.29. The summed E-state index contributed by atoms with van der Waals surface area (Å²) in [5.74, 6) is 0.702.